The van der Waals surface area contributed by atoms with E-state index in [9.17, 15) is 0 Å². The molecule has 3 aliphatic rings. The molecule has 3 aliphatic carbocycles. The first-order valence-corrected chi connectivity index (χ1v) is 8.08. The molecule has 0 amide bonds. The van der Waals surface area contributed by atoms with E-state index < -0.39 is 0 Å². The highest BCUT2D eigenvalue weighted by Gasteiger charge is 2.48. The van der Waals surface area contributed by atoms with E-state index in [1.54, 1.807) is 0 Å². The van der Waals surface area contributed by atoms with Crippen LogP contribution >= 0.6 is 46.4 Å². The molecule has 0 radical (unpaired) electrons. The van der Waals surface area contributed by atoms with Crippen LogP contribution in [0.4, 0.5) is 0 Å². The lowest BCUT2D eigenvalue weighted by molar-refractivity contribution is 0.535. The van der Waals surface area contributed by atoms with Crippen molar-refractivity contribution < 1.29 is 0 Å². The van der Waals surface area contributed by atoms with Crippen LogP contribution in [0.15, 0.2) is 36.4 Å². The summed E-state index contributed by atoms with van der Waals surface area (Å²) in [6.07, 6.45) is 0. The van der Waals surface area contributed by atoms with Crippen LogP contribution in [0.1, 0.15) is 34.1 Å². The quantitative estimate of drug-likeness (QED) is 0.530. The largest absolute Gasteiger partial charge is 0.120 e. The summed E-state index contributed by atoms with van der Waals surface area (Å²) in [4.78, 5) is 0. The van der Waals surface area contributed by atoms with E-state index in [2.05, 4.69) is 12.1 Å². The third kappa shape index (κ3) is 1.63. The normalized spacial score (nSPS) is 30.0. The summed E-state index contributed by atoms with van der Waals surface area (Å²) in [7, 11) is 0. The fourth-order valence-corrected chi connectivity index (χ4v) is 4.76. The van der Waals surface area contributed by atoms with Gasteiger partial charge in [0.25, 0.3) is 0 Å². The Morgan fingerprint density at radius 2 is 1.05 bits per heavy atom. The second-order valence-electron chi connectivity index (χ2n) is 5.37. The Bertz CT molecular complexity index is 650. The summed E-state index contributed by atoms with van der Waals surface area (Å²) in [5, 5.41) is 0.901. The van der Waals surface area contributed by atoms with Gasteiger partial charge in [-0.15, -0.1) is 23.2 Å². The van der Waals surface area contributed by atoms with Crippen molar-refractivity contribution in [3.05, 3.63) is 68.7 Å². The van der Waals surface area contributed by atoms with Gasteiger partial charge in [0.15, 0.2) is 0 Å². The fraction of sp³-hybridized carbons (Fsp3) is 0.250. The highest BCUT2D eigenvalue weighted by Crippen LogP contribution is 2.57. The van der Waals surface area contributed by atoms with E-state index in [-0.39, 0.29) is 22.6 Å². The molecule has 102 valence electrons. The van der Waals surface area contributed by atoms with Gasteiger partial charge >= 0.3 is 0 Å². The first-order chi connectivity index (χ1) is 9.59. The van der Waals surface area contributed by atoms with Gasteiger partial charge < -0.3 is 0 Å². The molecule has 0 spiro atoms. The summed E-state index contributed by atoms with van der Waals surface area (Å²) in [5.41, 5.74) is 4.86. The molecule has 0 aromatic heterocycles. The van der Waals surface area contributed by atoms with Crippen molar-refractivity contribution >= 4 is 46.4 Å². The third-order valence-corrected chi connectivity index (χ3v) is 6.30. The molecule has 2 bridgehead atoms. The van der Waals surface area contributed by atoms with Gasteiger partial charge in [-0.2, -0.15) is 0 Å². The average Bonchev–Trinajstić information content (AvgIpc) is 2.44. The molecule has 0 heterocycles. The van der Waals surface area contributed by atoms with Crippen molar-refractivity contribution in [3.63, 3.8) is 0 Å². The topological polar surface area (TPSA) is 0 Å². The van der Waals surface area contributed by atoms with Gasteiger partial charge in [-0.05, 0) is 34.4 Å². The Hall–Kier alpha value is -0.400. The Balaban J connectivity index is 2.05. The zero-order valence-corrected chi connectivity index (χ0v) is 13.3. The Morgan fingerprint density at radius 1 is 0.650 bits per heavy atom. The van der Waals surface area contributed by atoms with Gasteiger partial charge in [0.1, 0.15) is 0 Å². The van der Waals surface area contributed by atoms with Gasteiger partial charge in [0.2, 0.25) is 0 Å². The minimum Gasteiger partial charge on any atom is -0.120 e. The van der Waals surface area contributed by atoms with Gasteiger partial charge in [0, 0.05) is 11.8 Å². The smallest absolute Gasteiger partial charge is 0.0618 e. The molecule has 4 heteroatoms. The molecule has 0 nitrogen and oxygen atoms in total. The van der Waals surface area contributed by atoms with Crippen LogP contribution < -0.4 is 0 Å². The van der Waals surface area contributed by atoms with E-state index in [1.165, 1.54) is 22.3 Å². The first kappa shape index (κ1) is 13.3. The van der Waals surface area contributed by atoms with Gasteiger partial charge in [-0.25, -0.2) is 0 Å². The molecule has 0 fully saturated rings. The zero-order valence-electron chi connectivity index (χ0n) is 10.3. The lowest BCUT2D eigenvalue weighted by Gasteiger charge is -2.46. The number of alkyl halides is 2. The number of rotatable bonds is 0. The molecular weight excluding hydrogens is 334 g/mol. The van der Waals surface area contributed by atoms with E-state index in [4.69, 9.17) is 46.4 Å². The minimum atomic E-state index is -0.124. The molecular formula is C16H10Cl4. The second kappa shape index (κ2) is 4.55. The van der Waals surface area contributed by atoms with Gasteiger partial charge in [-0.3, -0.25) is 0 Å². The summed E-state index contributed by atoms with van der Waals surface area (Å²) >= 11 is 25.6. The number of hydrogen-bond acceptors (Lipinski definition) is 0. The van der Waals surface area contributed by atoms with Crippen molar-refractivity contribution in [2.24, 2.45) is 0 Å². The number of hydrogen-bond donors (Lipinski definition) is 0. The molecule has 0 unspecified atom stereocenters. The maximum atomic E-state index is 6.60. The summed E-state index contributed by atoms with van der Waals surface area (Å²) in [5.74, 6) is 0.176. The summed E-state index contributed by atoms with van der Waals surface area (Å²) in [6, 6.07) is 12.3. The van der Waals surface area contributed by atoms with E-state index >= 15 is 0 Å². The van der Waals surface area contributed by atoms with E-state index in [0.717, 1.165) is 0 Å². The minimum absolute atomic E-state index is 0.0881. The predicted molar refractivity (Wildman–Crippen MR) is 85.9 cm³/mol. The molecule has 20 heavy (non-hydrogen) atoms. The van der Waals surface area contributed by atoms with Crippen LogP contribution in [-0.4, -0.2) is 10.8 Å². The van der Waals surface area contributed by atoms with Crippen LogP contribution in [0.5, 0.6) is 0 Å². The number of fused-ring (bicyclic) bond motifs is 1. The molecule has 0 N–H and O–H groups in total. The Morgan fingerprint density at radius 3 is 1.45 bits per heavy atom. The molecule has 0 saturated heterocycles. The molecule has 2 aromatic carbocycles. The molecule has 5 rings (SSSR count). The lowest BCUT2D eigenvalue weighted by atomic mass is 9.63. The van der Waals surface area contributed by atoms with Gasteiger partial charge in [-0.1, -0.05) is 47.5 Å². The van der Waals surface area contributed by atoms with E-state index in [0.29, 0.717) is 10.0 Å². The van der Waals surface area contributed by atoms with Crippen molar-refractivity contribution in [3.8, 4) is 0 Å². The second-order valence-corrected chi connectivity index (χ2v) is 7.19. The Kier molecular flexibility index (Phi) is 3.02. The van der Waals surface area contributed by atoms with Crippen LogP contribution in [0, 0.1) is 0 Å². The van der Waals surface area contributed by atoms with E-state index in [1.807, 2.05) is 24.3 Å². The molecule has 0 aliphatic heterocycles. The van der Waals surface area contributed by atoms with Crippen LogP contribution in [0.25, 0.3) is 0 Å². The van der Waals surface area contributed by atoms with Gasteiger partial charge in [0.05, 0.1) is 20.8 Å². The maximum Gasteiger partial charge on any atom is 0.0618 e. The van der Waals surface area contributed by atoms with Crippen molar-refractivity contribution in [1.29, 1.82) is 0 Å². The number of benzene rings is 2. The van der Waals surface area contributed by atoms with Crippen LogP contribution in [0.2, 0.25) is 10.0 Å². The number of halogens is 4. The third-order valence-electron chi connectivity index (χ3n) is 4.40. The zero-order chi connectivity index (χ0) is 14.0. The predicted octanol–water partition coefficient (Wildman–Crippen LogP) is 5.80. The Labute approximate surface area is 137 Å². The van der Waals surface area contributed by atoms with Crippen LogP contribution in [0.3, 0.4) is 0 Å². The fourth-order valence-electron chi connectivity index (χ4n) is 3.58. The average molecular weight is 344 g/mol. The molecule has 4 atom stereocenters. The highest BCUT2D eigenvalue weighted by atomic mass is 35.5. The monoisotopic (exact) mass is 342 g/mol. The van der Waals surface area contributed by atoms with Crippen molar-refractivity contribution in [1.82, 2.24) is 0 Å². The SMILES string of the molecule is Clc1cc2c(cc1Cl)[C@@H]1c3ccccc3[C@@H]2[C@@H](Cl)[C@H]1Cl. The van der Waals surface area contributed by atoms with Crippen molar-refractivity contribution in [2.75, 3.05) is 0 Å². The van der Waals surface area contributed by atoms with Crippen LogP contribution in [-0.2, 0) is 0 Å². The summed E-state index contributed by atoms with van der Waals surface area (Å²) in [6.45, 7) is 0. The van der Waals surface area contributed by atoms with Crippen molar-refractivity contribution in [2.45, 2.75) is 22.6 Å². The molecule has 2 aromatic rings. The highest BCUT2D eigenvalue weighted by molar-refractivity contribution is 6.42. The lowest BCUT2D eigenvalue weighted by Crippen LogP contribution is -2.41. The first-order valence-electron chi connectivity index (χ1n) is 6.45. The standard InChI is InChI=1S/C16H10Cl4/c17-11-5-9-10(6-12(11)18)14-8-4-2-1-3-7(8)13(9)15(19)16(14)20/h1-6,13-16H/t13-,14-,15-,16+/m0/s1. The maximum absolute atomic E-state index is 6.60. The molecule has 0 saturated carbocycles. The summed E-state index contributed by atoms with van der Waals surface area (Å²) < 4.78 is 0.